The van der Waals surface area contributed by atoms with Gasteiger partial charge in [-0.05, 0) is 30.7 Å². The summed E-state index contributed by atoms with van der Waals surface area (Å²) in [5, 5.41) is 11.2. The van der Waals surface area contributed by atoms with E-state index >= 15 is 0 Å². The molecule has 1 aromatic rings. The number of hydrogen-bond donors (Lipinski definition) is 2. The van der Waals surface area contributed by atoms with Gasteiger partial charge in [0, 0.05) is 15.5 Å². The summed E-state index contributed by atoms with van der Waals surface area (Å²) >= 11 is 6.69. The van der Waals surface area contributed by atoms with Gasteiger partial charge in [-0.2, -0.15) is 0 Å². The fraction of sp³-hybridized carbons (Fsp3) is 0.273. The number of carbonyl (C=O) groups is 2. The first kappa shape index (κ1) is 14.2. The smallest absolute Gasteiger partial charge is 0.315 e. The van der Waals surface area contributed by atoms with Crippen molar-refractivity contribution in [2.24, 2.45) is 5.92 Å². The molecule has 0 radical (unpaired) electrons. The maximum Gasteiger partial charge on any atom is 0.315 e. The van der Waals surface area contributed by atoms with Crippen molar-refractivity contribution in [3.63, 3.8) is 0 Å². The molecule has 4 nitrogen and oxygen atoms in total. The van der Waals surface area contributed by atoms with Gasteiger partial charge in [0.05, 0.1) is 0 Å². The molecule has 92 valence electrons. The Morgan fingerprint density at radius 2 is 2.06 bits per heavy atom. The normalized spacial score (nSPS) is 11.9. The number of carboxylic acid groups (broad SMARTS) is 1. The highest BCUT2D eigenvalue weighted by atomic mass is 79.9. The van der Waals surface area contributed by atoms with Crippen LogP contribution in [0.2, 0.25) is 0 Å². The average molecular weight is 365 g/mol. The van der Waals surface area contributed by atoms with Crippen LogP contribution >= 0.6 is 31.9 Å². The summed E-state index contributed by atoms with van der Waals surface area (Å²) in [6.07, 6.45) is 0. The second-order valence-electron chi connectivity index (χ2n) is 3.51. The molecule has 6 heteroatoms. The topological polar surface area (TPSA) is 66.4 Å². The van der Waals surface area contributed by atoms with Gasteiger partial charge in [-0.3, -0.25) is 9.59 Å². The molecule has 2 N–H and O–H groups in total. The monoisotopic (exact) mass is 363 g/mol. The first-order chi connectivity index (χ1) is 7.91. The highest BCUT2D eigenvalue weighted by Gasteiger charge is 2.19. The van der Waals surface area contributed by atoms with Crippen LogP contribution in [-0.2, 0) is 16.1 Å². The van der Waals surface area contributed by atoms with Gasteiger partial charge in [0.15, 0.2) is 0 Å². The van der Waals surface area contributed by atoms with Crippen LogP contribution in [0.4, 0.5) is 0 Å². The summed E-state index contributed by atoms with van der Waals surface area (Å²) in [7, 11) is 0. The maximum atomic E-state index is 11.4. The number of hydrogen-bond acceptors (Lipinski definition) is 2. The van der Waals surface area contributed by atoms with Gasteiger partial charge in [0.25, 0.3) is 0 Å². The molecule has 0 spiro atoms. The molecule has 17 heavy (non-hydrogen) atoms. The van der Waals surface area contributed by atoms with Gasteiger partial charge in [-0.15, -0.1) is 0 Å². The predicted octanol–water partition coefficient (Wildman–Crippen LogP) is 2.55. The molecule has 0 aliphatic heterocycles. The Labute approximate surface area is 116 Å². The zero-order valence-corrected chi connectivity index (χ0v) is 12.2. The Morgan fingerprint density at radius 3 is 2.65 bits per heavy atom. The Hall–Kier alpha value is -0.880. The van der Waals surface area contributed by atoms with Crippen LogP contribution in [0.5, 0.6) is 0 Å². The quantitative estimate of drug-likeness (QED) is 0.807. The van der Waals surface area contributed by atoms with Crippen LogP contribution in [0.15, 0.2) is 27.1 Å². The molecule has 0 aliphatic carbocycles. The fourth-order valence-electron chi connectivity index (χ4n) is 1.13. The van der Waals surface area contributed by atoms with E-state index < -0.39 is 17.8 Å². The average Bonchev–Trinajstić information content (AvgIpc) is 2.28. The van der Waals surface area contributed by atoms with Crippen molar-refractivity contribution >= 4 is 43.7 Å². The standard InChI is InChI=1S/C11H11Br2NO3/c1-6(11(16)17)10(15)14-5-7-4-8(12)2-3-9(7)13/h2-4,6H,5H2,1H3,(H,14,15)(H,16,17)/t6-/m0/s1. The molecular weight excluding hydrogens is 354 g/mol. The van der Waals surface area contributed by atoms with Gasteiger partial charge >= 0.3 is 5.97 Å². The van der Waals surface area contributed by atoms with Crippen LogP contribution in [0.25, 0.3) is 0 Å². The lowest BCUT2D eigenvalue weighted by atomic mass is 10.1. The van der Waals surface area contributed by atoms with Crippen molar-refractivity contribution in [2.75, 3.05) is 0 Å². The van der Waals surface area contributed by atoms with E-state index in [9.17, 15) is 9.59 Å². The number of carbonyl (C=O) groups excluding carboxylic acids is 1. The van der Waals surface area contributed by atoms with E-state index in [-0.39, 0.29) is 6.54 Å². The lowest BCUT2D eigenvalue weighted by molar-refractivity contribution is -0.146. The molecule has 0 heterocycles. The fourth-order valence-corrected chi connectivity index (χ4v) is 1.92. The largest absolute Gasteiger partial charge is 0.481 e. The van der Waals surface area contributed by atoms with E-state index in [0.717, 1.165) is 14.5 Å². The van der Waals surface area contributed by atoms with Gasteiger partial charge < -0.3 is 10.4 Å². The van der Waals surface area contributed by atoms with E-state index in [2.05, 4.69) is 37.2 Å². The number of rotatable bonds is 4. The molecule has 0 saturated heterocycles. The third kappa shape index (κ3) is 4.12. The predicted molar refractivity (Wildman–Crippen MR) is 70.5 cm³/mol. The summed E-state index contributed by atoms with van der Waals surface area (Å²) in [6.45, 7) is 1.64. The second kappa shape index (κ2) is 6.16. The summed E-state index contributed by atoms with van der Waals surface area (Å²) in [6, 6.07) is 5.58. The number of aliphatic carboxylic acids is 1. The minimum atomic E-state index is -1.13. The molecule has 1 atom stereocenters. The Morgan fingerprint density at radius 1 is 1.41 bits per heavy atom. The molecule has 0 unspecified atom stereocenters. The highest BCUT2D eigenvalue weighted by Crippen LogP contribution is 2.21. The van der Waals surface area contributed by atoms with E-state index in [4.69, 9.17) is 5.11 Å². The second-order valence-corrected chi connectivity index (χ2v) is 5.28. The minimum absolute atomic E-state index is 0.288. The lowest BCUT2D eigenvalue weighted by Crippen LogP contribution is -2.33. The zero-order chi connectivity index (χ0) is 13.0. The van der Waals surface area contributed by atoms with Gasteiger partial charge in [0.2, 0.25) is 5.91 Å². The van der Waals surface area contributed by atoms with Crippen molar-refractivity contribution < 1.29 is 14.7 Å². The minimum Gasteiger partial charge on any atom is -0.481 e. The van der Waals surface area contributed by atoms with E-state index in [1.807, 2.05) is 18.2 Å². The van der Waals surface area contributed by atoms with Crippen LogP contribution in [0, 0.1) is 5.92 Å². The summed E-state index contributed by atoms with van der Waals surface area (Å²) in [4.78, 5) is 22.0. The van der Waals surface area contributed by atoms with Gasteiger partial charge in [0.1, 0.15) is 5.92 Å². The van der Waals surface area contributed by atoms with E-state index in [1.165, 1.54) is 6.92 Å². The molecule has 0 fully saturated rings. The van der Waals surface area contributed by atoms with E-state index in [1.54, 1.807) is 0 Å². The maximum absolute atomic E-state index is 11.4. The lowest BCUT2D eigenvalue weighted by Gasteiger charge is -2.09. The van der Waals surface area contributed by atoms with Crippen molar-refractivity contribution in [3.8, 4) is 0 Å². The molecular formula is C11H11Br2NO3. The zero-order valence-electron chi connectivity index (χ0n) is 9.04. The van der Waals surface area contributed by atoms with E-state index in [0.29, 0.717) is 0 Å². The number of halogens is 2. The summed E-state index contributed by atoms with van der Waals surface area (Å²) in [5.74, 6) is -2.67. The Balaban J connectivity index is 2.64. The van der Waals surface area contributed by atoms with Crippen LogP contribution in [0.3, 0.4) is 0 Å². The molecule has 0 bridgehead atoms. The first-order valence-electron chi connectivity index (χ1n) is 4.86. The van der Waals surface area contributed by atoms with Crippen LogP contribution < -0.4 is 5.32 Å². The molecule has 1 amide bonds. The summed E-state index contributed by atoms with van der Waals surface area (Å²) < 4.78 is 1.76. The molecule has 0 saturated carbocycles. The highest BCUT2D eigenvalue weighted by molar-refractivity contribution is 9.11. The number of amides is 1. The third-order valence-electron chi connectivity index (χ3n) is 2.22. The number of nitrogens with one attached hydrogen (secondary N) is 1. The van der Waals surface area contributed by atoms with Crippen molar-refractivity contribution in [3.05, 3.63) is 32.7 Å². The number of benzene rings is 1. The third-order valence-corrected chi connectivity index (χ3v) is 3.49. The van der Waals surface area contributed by atoms with Crippen LogP contribution in [-0.4, -0.2) is 17.0 Å². The van der Waals surface area contributed by atoms with Gasteiger partial charge in [-0.1, -0.05) is 31.9 Å². The number of carboxylic acids is 1. The molecule has 1 rings (SSSR count). The molecule has 1 aromatic carbocycles. The Kier molecular flexibility index (Phi) is 5.14. The summed E-state index contributed by atoms with van der Waals surface area (Å²) in [5.41, 5.74) is 0.880. The first-order valence-corrected chi connectivity index (χ1v) is 6.45. The molecule has 0 aromatic heterocycles. The van der Waals surface area contributed by atoms with Gasteiger partial charge in [-0.25, -0.2) is 0 Å². The SMILES string of the molecule is C[C@H](C(=O)O)C(=O)NCc1cc(Br)ccc1Br. The van der Waals surface area contributed by atoms with Crippen molar-refractivity contribution in [2.45, 2.75) is 13.5 Å². The Bertz CT molecular complexity index is 448. The van der Waals surface area contributed by atoms with Crippen molar-refractivity contribution in [1.82, 2.24) is 5.32 Å². The molecule has 0 aliphatic rings. The van der Waals surface area contributed by atoms with Crippen molar-refractivity contribution in [1.29, 1.82) is 0 Å². The van der Waals surface area contributed by atoms with Crippen LogP contribution in [0.1, 0.15) is 12.5 Å².